The number of rotatable bonds is 4. The second kappa shape index (κ2) is 5.36. The van der Waals surface area contributed by atoms with Crippen LogP contribution in [-0.4, -0.2) is 19.7 Å². The van der Waals surface area contributed by atoms with Gasteiger partial charge in [0.15, 0.2) is 5.16 Å². The summed E-state index contributed by atoms with van der Waals surface area (Å²) in [5.74, 6) is 0. The summed E-state index contributed by atoms with van der Waals surface area (Å²) in [4.78, 5) is 15.9. The minimum atomic E-state index is -0.210. The minimum absolute atomic E-state index is 0.0452. The van der Waals surface area contributed by atoms with E-state index in [1.54, 1.807) is 10.8 Å². The highest BCUT2D eigenvalue weighted by atomic mass is 32.2. The third-order valence-electron chi connectivity index (χ3n) is 2.45. The van der Waals surface area contributed by atoms with Crippen molar-refractivity contribution < 1.29 is 0 Å². The first-order chi connectivity index (χ1) is 8.63. The van der Waals surface area contributed by atoms with Gasteiger partial charge < -0.3 is 5.73 Å². The van der Waals surface area contributed by atoms with Gasteiger partial charge in [-0.15, -0.1) is 5.10 Å². The number of H-pyrrole nitrogens is 1. The SMILES string of the molecule is CC(C)n1c(Sc2ncccc2CN)n[nH]c1=O. The normalized spacial score (nSPS) is 11.1. The summed E-state index contributed by atoms with van der Waals surface area (Å²) >= 11 is 1.34. The van der Waals surface area contributed by atoms with E-state index < -0.39 is 0 Å². The summed E-state index contributed by atoms with van der Waals surface area (Å²) in [6.07, 6.45) is 1.70. The molecule has 2 aromatic rings. The predicted molar refractivity (Wildman–Crippen MR) is 69.5 cm³/mol. The van der Waals surface area contributed by atoms with Gasteiger partial charge in [-0.2, -0.15) is 0 Å². The maximum atomic E-state index is 11.6. The molecular weight excluding hydrogens is 250 g/mol. The van der Waals surface area contributed by atoms with E-state index in [-0.39, 0.29) is 11.7 Å². The molecule has 18 heavy (non-hydrogen) atoms. The van der Waals surface area contributed by atoms with Crippen molar-refractivity contribution in [3.63, 3.8) is 0 Å². The monoisotopic (exact) mass is 265 g/mol. The fraction of sp³-hybridized carbons (Fsp3) is 0.364. The van der Waals surface area contributed by atoms with Crippen LogP contribution in [0.1, 0.15) is 25.5 Å². The highest BCUT2D eigenvalue weighted by Gasteiger charge is 2.14. The van der Waals surface area contributed by atoms with Gasteiger partial charge >= 0.3 is 5.69 Å². The van der Waals surface area contributed by atoms with E-state index in [4.69, 9.17) is 5.73 Å². The number of hydrogen-bond acceptors (Lipinski definition) is 5. The van der Waals surface area contributed by atoms with Gasteiger partial charge in [-0.1, -0.05) is 6.07 Å². The van der Waals surface area contributed by atoms with Crippen molar-refractivity contribution in [3.8, 4) is 0 Å². The molecule has 0 aliphatic carbocycles. The van der Waals surface area contributed by atoms with Gasteiger partial charge in [0, 0.05) is 18.8 Å². The zero-order valence-electron chi connectivity index (χ0n) is 10.3. The number of nitrogens with one attached hydrogen (secondary N) is 1. The van der Waals surface area contributed by atoms with Gasteiger partial charge in [0.2, 0.25) is 0 Å². The van der Waals surface area contributed by atoms with E-state index in [0.29, 0.717) is 11.7 Å². The number of nitrogens with zero attached hydrogens (tertiary/aromatic N) is 3. The zero-order chi connectivity index (χ0) is 13.1. The average Bonchev–Trinajstić information content (AvgIpc) is 2.71. The Balaban J connectivity index is 2.37. The van der Waals surface area contributed by atoms with Crippen LogP contribution in [0.5, 0.6) is 0 Å². The molecule has 96 valence electrons. The molecular formula is C11H15N5OS. The van der Waals surface area contributed by atoms with Crippen LogP contribution in [0, 0.1) is 0 Å². The Morgan fingerprint density at radius 1 is 1.56 bits per heavy atom. The third-order valence-corrected chi connectivity index (χ3v) is 3.48. The zero-order valence-corrected chi connectivity index (χ0v) is 11.1. The average molecular weight is 265 g/mol. The molecule has 0 saturated heterocycles. The number of pyridine rings is 1. The summed E-state index contributed by atoms with van der Waals surface area (Å²) < 4.78 is 1.60. The van der Waals surface area contributed by atoms with Gasteiger partial charge in [0.25, 0.3) is 0 Å². The van der Waals surface area contributed by atoms with Crippen molar-refractivity contribution in [2.24, 2.45) is 5.73 Å². The summed E-state index contributed by atoms with van der Waals surface area (Å²) in [6, 6.07) is 3.80. The molecule has 0 saturated carbocycles. The Bertz CT molecular complexity index is 589. The van der Waals surface area contributed by atoms with E-state index in [2.05, 4.69) is 15.2 Å². The maximum absolute atomic E-state index is 11.6. The number of aromatic nitrogens is 4. The van der Waals surface area contributed by atoms with Crippen molar-refractivity contribution in [2.45, 2.75) is 36.6 Å². The quantitative estimate of drug-likeness (QED) is 0.865. The van der Waals surface area contributed by atoms with Crippen LogP contribution in [0.3, 0.4) is 0 Å². The number of nitrogens with two attached hydrogens (primary N) is 1. The lowest BCUT2D eigenvalue weighted by atomic mass is 10.3. The van der Waals surface area contributed by atoms with E-state index in [1.165, 1.54) is 11.8 Å². The first kappa shape index (κ1) is 12.8. The van der Waals surface area contributed by atoms with Crippen molar-refractivity contribution in [1.82, 2.24) is 19.7 Å². The summed E-state index contributed by atoms with van der Waals surface area (Å²) in [6.45, 7) is 4.28. The van der Waals surface area contributed by atoms with Gasteiger partial charge in [-0.25, -0.2) is 14.9 Å². The van der Waals surface area contributed by atoms with Crippen LogP contribution in [-0.2, 0) is 6.54 Å². The molecule has 6 nitrogen and oxygen atoms in total. The molecule has 0 unspecified atom stereocenters. The van der Waals surface area contributed by atoms with Crippen LogP contribution in [0.2, 0.25) is 0 Å². The van der Waals surface area contributed by atoms with E-state index in [1.807, 2.05) is 26.0 Å². The Morgan fingerprint density at radius 3 is 3.00 bits per heavy atom. The molecule has 0 atom stereocenters. The Labute approximate surface area is 109 Å². The molecule has 0 aromatic carbocycles. The Hall–Kier alpha value is -1.60. The maximum Gasteiger partial charge on any atom is 0.344 e. The van der Waals surface area contributed by atoms with Crippen LogP contribution >= 0.6 is 11.8 Å². The molecule has 0 radical (unpaired) electrons. The van der Waals surface area contributed by atoms with Gasteiger partial charge in [0.05, 0.1) is 0 Å². The van der Waals surface area contributed by atoms with Crippen molar-refractivity contribution in [3.05, 3.63) is 34.4 Å². The molecule has 0 fully saturated rings. The largest absolute Gasteiger partial charge is 0.344 e. The Morgan fingerprint density at radius 2 is 2.33 bits per heavy atom. The molecule has 0 bridgehead atoms. The standard InChI is InChI=1S/C11H15N5OS/c1-7(2)16-10(17)14-15-11(16)18-9-8(6-12)4-3-5-13-9/h3-5,7H,6,12H2,1-2H3,(H,14,17). The lowest BCUT2D eigenvalue weighted by Gasteiger charge is -2.09. The number of hydrogen-bond donors (Lipinski definition) is 2. The van der Waals surface area contributed by atoms with Crippen LogP contribution < -0.4 is 11.4 Å². The molecule has 2 heterocycles. The van der Waals surface area contributed by atoms with Crippen LogP contribution in [0.15, 0.2) is 33.3 Å². The van der Waals surface area contributed by atoms with Gasteiger partial charge in [0.1, 0.15) is 5.03 Å². The van der Waals surface area contributed by atoms with E-state index in [9.17, 15) is 4.79 Å². The molecule has 2 aromatic heterocycles. The molecule has 0 aliphatic rings. The molecule has 0 spiro atoms. The fourth-order valence-corrected chi connectivity index (χ4v) is 2.63. The predicted octanol–water partition coefficient (Wildman–Crippen LogP) is 1.16. The van der Waals surface area contributed by atoms with Crippen LogP contribution in [0.25, 0.3) is 0 Å². The number of aromatic amines is 1. The van der Waals surface area contributed by atoms with Crippen molar-refractivity contribution in [2.75, 3.05) is 0 Å². The van der Waals surface area contributed by atoms with E-state index >= 15 is 0 Å². The Kier molecular flexibility index (Phi) is 3.83. The van der Waals surface area contributed by atoms with Crippen molar-refractivity contribution in [1.29, 1.82) is 0 Å². The van der Waals surface area contributed by atoms with E-state index in [0.717, 1.165) is 10.6 Å². The first-order valence-electron chi connectivity index (χ1n) is 5.62. The van der Waals surface area contributed by atoms with Gasteiger partial charge in [-0.05, 0) is 37.2 Å². The highest BCUT2D eigenvalue weighted by Crippen LogP contribution is 2.27. The summed E-state index contributed by atoms with van der Waals surface area (Å²) in [5.41, 5.74) is 6.39. The summed E-state index contributed by atoms with van der Waals surface area (Å²) in [7, 11) is 0. The molecule has 0 aliphatic heterocycles. The minimum Gasteiger partial charge on any atom is -0.326 e. The third kappa shape index (κ3) is 2.46. The highest BCUT2D eigenvalue weighted by molar-refractivity contribution is 7.99. The summed E-state index contributed by atoms with van der Waals surface area (Å²) in [5, 5.41) is 7.85. The lowest BCUT2D eigenvalue weighted by molar-refractivity contribution is 0.534. The second-order valence-corrected chi connectivity index (χ2v) is 5.00. The molecule has 3 N–H and O–H groups in total. The second-order valence-electron chi connectivity index (χ2n) is 4.05. The topological polar surface area (TPSA) is 89.6 Å². The first-order valence-corrected chi connectivity index (χ1v) is 6.44. The van der Waals surface area contributed by atoms with Gasteiger partial charge in [-0.3, -0.25) is 4.57 Å². The fourth-order valence-electron chi connectivity index (χ4n) is 1.58. The van der Waals surface area contributed by atoms with Crippen LogP contribution in [0.4, 0.5) is 0 Å². The molecule has 0 amide bonds. The molecule has 7 heteroatoms. The molecule has 2 rings (SSSR count). The smallest absolute Gasteiger partial charge is 0.326 e. The lowest BCUT2D eigenvalue weighted by Crippen LogP contribution is -2.19. The van der Waals surface area contributed by atoms with Crippen molar-refractivity contribution >= 4 is 11.8 Å².